The van der Waals surface area contributed by atoms with Gasteiger partial charge in [-0.1, -0.05) is 88.2 Å². The highest BCUT2D eigenvalue weighted by Crippen LogP contribution is 2.42. The molecule has 43 heavy (non-hydrogen) atoms. The predicted molar refractivity (Wildman–Crippen MR) is 177 cm³/mol. The fourth-order valence-corrected chi connectivity index (χ4v) is 6.73. The van der Waals surface area contributed by atoms with Gasteiger partial charge in [0.05, 0.1) is 31.7 Å². The molecule has 8 heteroatoms. The molecule has 0 fully saturated rings. The van der Waals surface area contributed by atoms with E-state index in [0.717, 1.165) is 43.7 Å². The van der Waals surface area contributed by atoms with Gasteiger partial charge >= 0.3 is 0 Å². The van der Waals surface area contributed by atoms with E-state index in [4.69, 9.17) is 14.6 Å². The van der Waals surface area contributed by atoms with Crippen LogP contribution in [0.2, 0.25) is 0 Å². The molecule has 0 bridgehead atoms. The van der Waals surface area contributed by atoms with Gasteiger partial charge in [0.25, 0.3) is 5.91 Å². The Morgan fingerprint density at radius 2 is 1.72 bits per heavy atom. The monoisotopic (exact) mass is 653 g/mol. The molecule has 6 rings (SSSR count). The van der Waals surface area contributed by atoms with Crippen LogP contribution in [0.15, 0.2) is 112 Å². The molecule has 0 spiro atoms. The number of carbonyl (C=O) groups excluding carboxylic acids is 1. The van der Waals surface area contributed by atoms with E-state index in [1.807, 2.05) is 48.5 Å². The van der Waals surface area contributed by atoms with E-state index in [0.29, 0.717) is 17.9 Å². The van der Waals surface area contributed by atoms with Crippen molar-refractivity contribution in [2.45, 2.75) is 30.8 Å². The van der Waals surface area contributed by atoms with Gasteiger partial charge in [-0.2, -0.15) is 5.10 Å². The van der Waals surface area contributed by atoms with Gasteiger partial charge in [-0.25, -0.2) is 5.01 Å². The normalized spacial score (nSPS) is 14.7. The smallest absolute Gasteiger partial charge is 0.253 e. The van der Waals surface area contributed by atoms with Crippen LogP contribution in [0, 0.1) is 6.92 Å². The Balaban J connectivity index is 1.29. The average Bonchev–Trinajstić information content (AvgIpc) is 3.63. The zero-order chi connectivity index (χ0) is 29.9. The first kappa shape index (κ1) is 29.1. The third-order valence-electron chi connectivity index (χ3n) is 7.71. The second-order valence-corrected chi connectivity index (χ2v) is 12.4. The van der Waals surface area contributed by atoms with E-state index in [1.165, 1.54) is 11.1 Å². The maximum atomic E-state index is 14.0. The van der Waals surface area contributed by atoms with Crippen LogP contribution in [0.25, 0.3) is 10.9 Å². The maximum Gasteiger partial charge on any atom is 0.253 e. The van der Waals surface area contributed by atoms with Crippen LogP contribution in [0.5, 0.6) is 11.5 Å². The van der Waals surface area contributed by atoms with Crippen LogP contribution >= 0.6 is 27.7 Å². The van der Waals surface area contributed by atoms with Gasteiger partial charge in [0.2, 0.25) is 0 Å². The lowest BCUT2D eigenvalue weighted by Gasteiger charge is -2.24. The van der Waals surface area contributed by atoms with Gasteiger partial charge in [0, 0.05) is 45.0 Å². The first-order valence-electron chi connectivity index (χ1n) is 14.1. The molecule has 6 nitrogen and oxygen atoms in total. The Kier molecular flexibility index (Phi) is 8.58. The summed E-state index contributed by atoms with van der Waals surface area (Å²) in [5, 5.41) is 7.66. The van der Waals surface area contributed by atoms with Crippen molar-refractivity contribution in [3.05, 3.63) is 124 Å². The van der Waals surface area contributed by atoms with Gasteiger partial charge in [-0.05, 0) is 42.3 Å². The molecule has 0 saturated heterocycles. The lowest BCUT2D eigenvalue weighted by molar-refractivity contribution is -0.130. The van der Waals surface area contributed by atoms with Crippen LogP contribution < -0.4 is 9.47 Å². The summed E-state index contributed by atoms with van der Waals surface area (Å²) < 4.78 is 14.6. The van der Waals surface area contributed by atoms with Gasteiger partial charge in [0.1, 0.15) is 0 Å². The van der Waals surface area contributed by atoms with Gasteiger partial charge in [-0.15, -0.1) is 11.8 Å². The van der Waals surface area contributed by atoms with Crippen LogP contribution in [0.4, 0.5) is 0 Å². The number of nitrogens with zero attached hydrogens (tertiary/aromatic N) is 3. The molecular formula is C35H32BrN3O3S. The number of ether oxygens (including phenoxy) is 2. The zero-order valence-electron chi connectivity index (χ0n) is 24.3. The number of thioether (sulfide) groups is 1. The highest BCUT2D eigenvalue weighted by molar-refractivity contribution is 9.10. The van der Waals surface area contributed by atoms with Crippen molar-refractivity contribution in [1.82, 2.24) is 9.58 Å². The molecule has 0 unspecified atom stereocenters. The minimum Gasteiger partial charge on any atom is -0.493 e. The van der Waals surface area contributed by atoms with E-state index < -0.39 is 0 Å². The van der Waals surface area contributed by atoms with Crippen molar-refractivity contribution in [3.63, 3.8) is 0 Å². The Morgan fingerprint density at radius 3 is 2.47 bits per heavy atom. The Labute approximate surface area is 264 Å². The lowest BCUT2D eigenvalue weighted by Crippen LogP contribution is -2.28. The van der Waals surface area contributed by atoms with Gasteiger partial charge < -0.3 is 14.0 Å². The number of benzene rings is 4. The number of amides is 1. The number of hydrogen-bond acceptors (Lipinski definition) is 5. The summed E-state index contributed by atoms with van der Waals surface area (Å²) in [6, 6.07) is 30.5. The second kappa shape index (κ2) is 12.7. The molecule has 1 aromatic heterocycles. The summed E-state index contributed by atoms with van der Waals surface area (Å²) in [5.74, 6) is 1.42. The van der Waals surface area contributed by atoms with Gasteiger partial charge in [0.15, 0.2) is 11.5 Å². The highest BCUT2D eigenvalue weighted by atomic mass is 79.9. The molecule has 0 saturated carbocycles. The van der Waals surface area contributed by atoms with Crippen LogP contribution in [0.3, 0.4) is 0 Å². The summed E-state index contributed by atoms with van der Waals surface area (Å²) >= 11 is 5.06. The van der Waals surface area contributed by atoms with E-state index >= 15 is 0 Å². The highest BCUT2D eigenvalue weighted by Gasteiger charge is 2.35. The topological polar surface area (TPSA) is 56.1 Å². The van der Waals surface area contributed by atoms with Crippen molar-refractivity contribution >= 4 is 50.2 Å². The molecule has 0 aliphatic carbocycles. The number of hydrazone groups is 1. The zero-order valence-corrected chi connectivity index (χ0v) is 26.7. The molecule has 5 aromatic rings. The quantitative estimate of drug-likeness (QED) is 0.150. The average molecular weight is 655 g/mol. The number of carbonyl (C=O) groups is 1. The van der Waals surface area contributed by atoms with E-state index in [1.54, 1.807) is 31.0 Å². The number of fused-ring (bicyclic) bond motifs is 1. The first-order chi connectivity index (χ1) is 20.9. The van der Waals surface area contributed by atoms with Crippen molar-refractivity contribution < 1.29 is 14.3 Å². The summed E-state index contributed by atoms with van der Waals surface area (Å²) in [6.45, 7) is 2.86. The first-order valence-corrected chi connectivity index (χ1v) is 15.9. The Bertz CT molecular complexity index is 1800. The lowest BCUT2D eigenvalue weighted by atomic mass is 9.97. The van der Waals surface area contributed by atoms with E-state index in [9.17, 15) is 4.79 Å². The molecule has 218 valence electrons. The van der Waals surface area contributed by atoms with Crippen molar-refractivity contribution in [2.24, 2.45) is 5.10 Å². The number of aromatic nitrogens is 1. The van der Waals surface area contributed by atoms with E-state index in [2.05, 4.69) is 76.1 Å². The standard InChI is InChI=1S/C35H32BrN3O3S/c1-23-11-13-24(14-12-23)20-38-21-33(27-7-4-5-9-30(27)38)43-22-34(40)39-31(28-8-6-10-32(41-2)35(28)42-3)19-29(37-39)25-15-17-26(36)18-16-25/h4-18,21,31H,19-20,22H2,1-3H3/t31-/m0/s1. The van der Waals surface area contributed by atoms with Crippen LogP contribution in [0.1, 0.15) is 34.7 Å². The van der Waals surface area contributed by atoms with Crippen molar-refractivity contribution in [2.75, 3.05) is 20.0 Å². The number of methoxy groups -OCH3 is 2. The van der Waals surface area contributed by atoms with Gasteiger partial charge in [-0.3, -0.25) is 4.79 Å². The molecule has 2 heterocycles. The summed E-state index contributed by atoms with van der Waals surface area (Å²) in [6.07, 6.45) is 2.73. The molecule has 0 N–H and O–H groups in total. The number of para-hydroxylation sites is 2. The van der Waals surface area contributed by atoms with Crippen molar-refractivity contribution in [1.29, 1.82) is 0 Å². The maximum absolute atomic E-state index is 14.0. The van der Waals surface area contributed by atoms with E-state index in [-0.39, 0.29) is 17.7 Å². The Morgan fingerprint density at radius 1 is 0.953 bits per heavy atom. The Hall–Kier alpha value is -4.01. The number of rotatable bonds is 9. The summed E-state index contributed by atoms with van der Waals surface area (Å²) in [7, 11) is 3.25. The third-order valence-corrected chi connectivity index (χ3v) is 9.27. The molecule has 1 aliphatic heterocycles. The largest absolute Gasteiger partial charge is 0.493 e. The SMILES string of the molecule is COc1cccc([C@@H]2CC(c3ccc(Br)cc3)=NN2C(=O)CSc2cn(Cc3ccc(C)cc3)c3ccccc23)c1OC. The fourth-order valence-electron chi connectivity index (χ4n) is 5.53. The number of hydrogen-bond donors (Lipinski definition) is 0. The second-order valence-electron chi connectivity index (χ2n) is 10.5. The molecule has 1 amide bonds. The van der Waals surface area contributed by atoms with Crippen LogP contribution in [-0.2, 0) is 11.3 Å². The fraction of sp³-hybridized carbons (Fsp3) is 0.200. The van der Waals surface area contributed by atoms with Crippen LogP contribution in [-0.4, -0.2) is 41.2 Å². The molecule has 4 aromatic carbocycles. The minimum atomic E-state index is -0.320. The predicted octanol–water partition coefficient (Wildman–Crippen LogP) is 8.25. The minimum absolute atomic E-state index is 0.0673. The summed E-state index contributed by atoms with van der Waals surface area (Å²) in [5.41, 5.74) is 6.33. The molecule has 1 aliphatic rings. The molecule has 0 radical (unpaired) electrons. The third kappa shape index (κ3) is 6.08. The number of halogens is 1. The molecular weight excluding hydrogens is 622 g/mol. The summed E-state index contributed by atoms with van der Waals surface area (Å²) in [4.78, 5) is 15.0. The number of aryl methyl sites for hydroxylation is 1. The van der Waals surface area contributed by atoms with Crippen molar-refractivity contribution in [3.8, 4) is 11.5 Å². The molecule has 1 atom stereocenters.